The molecule has 1 aromatic heterocycles. The smallest absolute Gasteiger partial charge is 0.241 e. The van der Waals surface area contributed by atoms with Gasteiger partial charge in [0.05, 0.1) is 5.69 Å². The van der Waals surface area contributed by atoms with E-state index < -0.39 is 0 Å². The molecular weight excluding hydrogens is 300 g/mol. The molecule has 1 saturated heterocycles. The number of carbonyl (C=O) groups is 1. The summed E-state index contributed by atoms with van der Waals surface area (Å²) in [4.78, 5) is 12.0. The van der Waals surface area contributed by atoms with Crippen LogP contribution in [0.2, 0.25) is 0 Å². The van der Waals surface area contributed by atoms with Gasteiger partial charge in [-0.1, -0.05) is 42.5 Å². The molecule has 2 heterocycles. The van der Waals surface area contributed by atoms with Crippen LogP contribution in [0, 0.1) is 0 Å². The maximum atomic E-state index is 12.0. The summed E-state index contributed by atoms with van der Waals surface area (Å²) in [6.45, 7) is 2.86. The zero-order chi connectivity index (χ0) is 16.6. The Kier molecular flexibility index (Phi) is 5.80. The summed E-state index contributed by atoms with van der Waals surface area (Å²) in [6.07, 6.45) is 8.20. The Labute approximate surface area is 142 Å². The number of nitrogens with one attached hydrogen (secondary N) is 2. The lowest BCUT2D eigenvalue weighted by atomic mass is 9.97. The second-order valence-electron chi connectivity index (χ2n) is 6.10. The largest absolute Gasteiger partial charge is 0.351 e. The molecule has 0 aliphatic carbocycles. The van der Waals surface area contributed by atoms with E-state index in [0.29, 0.717) is 12.5 Å². The minimum atomic E-state index is -0.0240. The van der Waals surface area contributed by atoms with Gasteiger partial charge >= 0.3 is 0 Å². The predicted octanol–water partition coefficient (Wildman–Crippen LogP) is 2.18. The lowest BCUT2D eigenvalue weighted by Gasteiger charge is -2.20. The Morgan fingerprint density at radius 3 is 3.00 bits per heavy atom. The van der Waals surface area contributed by atoms with Crippen LogP contribution in [0.25, 0.3) is 6.08 Å². The molecule has 1 aromatic carbocycles. The number of benzene rings is 1. The molecule has 24 heavy (non-hydrogen) atoms. The van der Waals surface area contributed by atoms with E-state index in [2.05, 4.69) is 15.7 Å². The van der Waals surface area contributed by atoms with Gasteiger partial charge in [-0.3, -0.25) is 9.48 Å². The lowest BCUT2D eigenvalue weighted by Crippen LogP contribution is -2.29. The van der Waals surface area contributed by atoms with E-state index in [1.165, 1.54) is 12.8 Å². The SMILES string of the molecule is O=C(Cn1ccc(C2CCCNC2)n1)NCC=Cc1ccccc1. The molecule has 2 aromatic rings. The minimum absolute atomic E-state index is 0.0240. The third-order valence-corrected chi connectivity index (χ3v) is 4.21. The van der Waals surface area contributed by atoms with Gasteiger partial charge in [0.15, 0.2) is 0 Å². The van der Waals surface area contributed by atoms with Gasteiger partial charge in [-0.2, -0.15) is 5.10 Å². The van der Waals surface area contributed by atoms with Gasteiger partial charge in [-0.25, -0.2) is 0 Å². The molecule has 1 atom stereocenters. The number of hydrogen-bond donors (Lipinski definition) is 2. The number of aromatic nitrogens is 2. The van der Waals surface area contributed by atoms with Crippen LogP contribution in [0.3, 0.4) is 0 Å². The van der Waals surface area contributed by atoms with E-state index in [-0.39, 0.29) is 12.5 Å². The standard InChI is InChI=1S/C19H24N4O/c24-19(21-12-4-8-16-6-2-1-3-7-16)15-23-13-10-18(22-23)17-9-5-11-20-14-17/h1-4,6-8,10,13,17,20H,5,9,11-12,14-15H2,(H,21,24). The average Bonchev–Trinajstić information content (AvgIpc) is 3.09. The van der Waals surface area contributed by atoms with Crippen molar-refractivity contribution in [2.24, 2.45) is 0 Å². The van der Waals surface area contributed by atoms with E-state index in [9.17, 15) is 4.79 Å². The van der Waals surface area contributed by atoms with E-state index in [0.717, 1.165) is 24.3 Å². The van der Waals surface area contributed by atoms with Gasteiger partial charge in [0.2, 0.25) is 5.91 Å². The van der Waals surface area contributed by atoms with Crippen LogP contribution in [0.4, 0.5) is 0 Å². The van der Waals surface area contributed by atoms with Gasteiger partial charge in [-0.05, 0) is 31.0 Å². The third kappa shape index (κ3) is 4.80. The van der Waals surface area contributed by atoms with Crippen LogP contribution in [0.1, 0.15) is 30.0 Å². The highest BCUT2D eigenvalue weighted by atomic mass is 16.2. The number of piperidine rings is 1. The van der Waals surface area contributed by atoms with Gasteiger partial charge in [0, 0.05) is 25.2 Å². The number of rotatable bonds is 6. The Bertz CT molecular complexity index is 672. The monoisotopic (exact) mass is 324 g/mol. The van der Waals surface area contributed by atoms with Gasteiger partial charge in [0.1, 0.15) is 6.54 Å². The van der Waals surface area contributed by atoms with Crippen molar-refractivity contribution in [2.45, 2.75) is 25.3 Å². The summed E-state index contributed by atoms with van der Waals surface area (Å²) < 4.78 is 1.72. The van der Waals surface area contributed by atoms with E-state index in [4.69, 9.17) is 0 Å². The molecule has 2 N–H and O–H groups in total. The summed E-state index contributed by atoms with van der Waals surface area (Å²) in [7, 11) is 0. The lowest BCUT2D eigenvalue weighted by molar-refractivity contribution is -0.121. The molecule has 0 radical (unpaired) electrons. The predicted molar refractivity (Wildman–Crippen MR) is 95.6 cm³/mol. The second kappa shape index (κ2) is 8.45. The van der Waals surface area contributed by atoms with Crippen LogP contribution < -0.4 is 10.6 Å². The Balaban J connectivity index is 1.43. The molecule has 5 heteroatoms. The van der Waals surface area contributed by atoms with E-state index in [1.54, 1.807) is 4.68 Å². The molecule has 0 spiro atoms. The third-order valence-electron chi connectivity index (χ3n) is 4.21. The first kappa shape index (κ1) is 16.5. The van der Waals surface area contributed by atoms with Crippen LogP contribution in [-0.2, 0) is 11.3 Å². The number of carbonyl (C=O) groups excluding carboxylic acids is 1. The highest BCUT2D eigenvalue weighted by Gasteiger charge is 2.17. The van der Waals surface area contributed by atoms with Gasteiger partial charge < -0.3 is 10.6 Å². The van der Waals surface area contributed by atoms with Crippen LogP contribution in [0.5, 0.6) is 0 Å². The van der Waals surface area contributed by atoms with E-state index in [1.807, 2.05) is 54.7 Å². The molecule has 1 fully saturated rings. The molecule has 0 bridgehead atoms. The van der Waals surface area contributed by atoms with Crippen molar-refractivity contribution in [3.05, 3.63) is 59.9 Å². The molecule has 1 amide bonds. The number of amides is 1. The molecule has 1 aliphatic heterocycles. The first-order valence-corrected chi connectivity index (χ1v) is 8.53. The van der Waals surface area contributed by atoms with Crippen molar-refractivity contribution in [1.29, 1.82) is 0 Å². The van der Waals surface area contributed by atoms with Crippen molar-refractivity contribution in [3.63, 3.8) is 0 Å². The fourth-order valence-electron chi connectivity index (χ4n) is 2.92. The molecule has 5 nitrogen and oxygen atoms in total. The second-order valence-corrected chi connectivity index (χ2v) is 6.10. The summed E-state index contributed by atoms with van der Waals surface area (Å²) in [5.74, 6) is 0.445. The number of hydrogen-bond acceptors (Lipinski definition) is 3. The van der Waals surface area contributed by atoms with Crippen LogP contribution in [-0.4, -0.2) is 35.3 Å². The molecule has 1 unspecified atom stereocenters. The number of nitrogens with zero attached hydrogens (tertiary/aromatic N) is 2. The average molecular weight is 324 g/mol. The zero-order valence-corrected chi connectivity index (χ0v) is 13.8. The van der Waals surface area contributed by atoms with E-state index >= 15 is 0 Å². The topological polar surface area (TPSA) is 59.0 Å². The van der Waals surface area contributed by atoms with Crippen LogP contribution >= 0.6 is 0 Å². The normalized spacial score (nSPS) is 17.9. The summed E-state index contributed by atoms with van der Waals surface area (Å²) in [5.41, 5.74) is 2.21. The highest BCUT2D eigenvalue weighted by Crippen LogP contribution is 2.21. The maximum Gasteiger partial charge on any atom is 0.241 e. The first-order chi connectivity index (χ1) is 11.8. The van der Waals surface area contributed by atoms with Crippen molar-refractivity contribution >= 4 is 12.0 Å². The molecule has 126 valence electrons. The Morgan fingerprint density at radius 2 is 2.21 bits per heavy atom. The molecule has 0 saturated carbocycles. The first-order valence-electron chi connectivity index (χ1n) is 8.53. The quantitative estimate of drug-likeness (QED) is 0.856. The molecule has 3 rings (SSSR count). The van der Waals surface area contributed by atoms with Crippen LogP contribution in [0.15, 0.2) is 48.7 Å². The van der Waals surface area contributed by atoms with Crippen molar-refractivity contribution in [3.8, 4) is 0 Å². The Morgan fingerprint density at radius 1 is 1.33 bits per heavy atom. The summed E-state index contributed by atoms with van der Waals surface area (Å²) in [5, 5.41) is 10.8. The fraction of sp³-hybridized carbons (Fsp3) is 0.368. The maximum absolute atomic E-state index is 12.0. The van der Waals surface area contributed by atoms with Crippen molar-refractivity contribution in [1.82, 2.24) is 20.4 Å². The highest BCUT2D eigenvalue weighted by molar-refractivity contribution is 5.75. The minimum Gasteiger partial charge on any atom is -0.351 e. The summed E-state index contributed by atoms with van der Waals surface area (Å²) >= 11 is 0. The fourth-order valence-corrected chi connectivity index (χ4v) is 2.92. The van der Waals surface area contributed by atoms with Gasteiger partial charge in [-0.15, -0.1) is 0 Å². The zero-order valence-electron chi connectivity index (χ0n) is 13.8. The summed E-state index contributed by atoms with van der Waals surface area (Å²) in [6, 6.07) is 12.1. The Hall–Kier alpha value is -2.40. The molecular formula is C19H24N4O. The van der Waals surface area contributed by atoms with Gasteiger partial charge in [0.25, 0.3) is 0 Å². The van der Waals surface area contributed by atoms with Crippen molar-refractivity contribution < 1.29 is 4.79 Å². The molecule has 1 aliphatic rings. The van der Waals surface area contributed by atoms with Crippen molar-refractivity contribution in [2.75, 3.05) is 19.6 Å².